The molecule has 0 aliphatic rings. The maximum Gasteiger partial charge on any atom is 0.308 e. The molecule has 7 nitrogen and oxygen atoms in total. The first-order valence-corrected chi connectivity index (χ1v) is 6.96. The van der Waals surface area contributed by atoms with Gasteiger partial charge in [-0.25, -0.2) is 17.9 Å². The summed E-state index contributed by atoms with van der Waals surface area (Å²) in [6, 6.07) is 2.58. The molecule has 20 heavy (non-hydrogen) atoms. The fourth-order valence-corrected chi connectivity index (χ4v) is 2.02. The van der Waals surface area contributed by atoms with Gasteiger partial charge in [0.2, 0.25) is 10.0 Å². The van der Waals surface area contributed by atoms with Gasteiger partial charge in [-0.2, -0.15) is 0 Å². The molecule has 2 unspecified atom stereocenters. The van der Waals surface area contributed by atoms with Gasteiger partial charge in [-0.15, -0.1) is 0 Å². The molecule has 0 amide bonds. The van der Waals surface area contributed by atoms with E-state index in [0.717, 1.165) is 19.2 Å². The number of rotatable bonds is 5. The SMILES string of the molecule is COC(=O)CC(O)C(O)c1ccc(S(N)(=O)=O)cc1F. The summed E-state index contributed by atoms with van der Waals surface area (Å²) in [7, 11) is -2.97. The van der Waals surface area contributed by atoms with E-state index in [1.54, 1.807) is 0 Å². The van der Waals surface area contributed by atoms with Crippen LogP contribution in [-0.4, -0.2) is 37.8 Å². The van der Waals surface area contributed by atoms with E-state index in [-0.39, 0.29) is 5.56 Å². The highest BCUT2D eigenvalue weighted by molar-refractivity contribution is 7.89. The Morgan fingerprint density at radius 2 is 2.05 bits per heavy atom. The molecule has 0 radical (unpaired) electrons. The number of esters is 1. The second-order valence-electron chi connectivity index (χ2n) is 4.02. The highest BCUT2D eigenvalue weighted by Gasteiger charge is 2.25. The van der Waals surface area contributed by atoms with Crippen molar-refractivity contribution in [1.29, 1.82) is 0 Å². The number of halogens is 1. The third-order valence-electron chi connectivity index (χ3n) is 2.59. The average Bonchev–Trinajstić information content (AvgIpc) is 2.36. The highest BCUT2D eigenvalue weighted by atomic mass is 32.2. The van der Waals surface area contributed by atoms with E-state index in [9.17, 15) is 27.8 Å². The standard InChI is InChI=1S/C11H14FNO6S/c1-19-10(15)5-9(14)11(16)7-3-2-6(4-8(7)12)20(13,17)18/h2-4,9,11,14,16H,5H2,1H3,(H2,13,17,18). The van der Waals surface area contributed by atoms with Crippen molar-refractivity contribution in [2.75, 3.05) is 7.11 Å². The molecule has 4 N–H and O–H groups in total. The van der Waals surface area contributed by atoms with Crippen molar-refractivity contribution >= 4 is 16.0 Å². The van der Waals surface area contributed by atoms with E-state index in [1.807, 2.05) is 0 Å². The molecule has 112 valence electrons. The summed E-state index contributed by atoms with van der Waals surface area (Å²) < 4.78 is 40.0. The van der Waals surface area contributed by atoms with E-state index in [0.29, 0.717) is 6.07 Å². The number of benzene rings is 1. The number of nitrogens with two attached hydrogens (primary N) is 1. The molecule has 0 heterocycles. The molecule has 1 rings (SSSR count). The van der Waals surface area contributed by atoms with Gasteiger partial charge in [0.25, 0.3) is 0 Å². The molecule has 0 saturated carbocycles. The number of hydrogen-bond donors (Lipinski definition) is 3. The van der Waals surface area contributed by atoms with E-state index in [4.69, 9.17) is 5.14 Å². The minimum atomic E-state index is -4.07. The lowest BCUT2D eigenvalue weighted by atomic mass is 10.0. The molecule has 0 bridgehead atoms. The first-order valence-electron chi connectivity index (χ1n) is 5.42. The highest BCUT2D eigenvalue weighted by Crippen LogP contribution is 2.24. The van der Waals surface area contributed by atoms with E-state index in [1.165, 1.54) is 0 Å². The fourth-order valence-electron chi connectivity index (χ4n) is 1.50. The maximum absolute atomic E-state index is 13.7. The van der Waals surface area contributed by atoms with Gasteiger partial charge in [-0.05, 0) is 12.1 Å². The Hall–Kier alpha value is -1.55. The lowest BCUT2D eigenvalue weighted by molar-refractivity contribution is -0.144. The predicted molar refractivity (Wildman–Crippen MR) is 65.4 cm³/mol. The molecule has 9 heteroatoms. The molecule has 2 atom stereocenters. The number of aliphatic hydroxyl groups is 2. The summed E-state index contributed by atoms with van der Waals surface area (Å²) in [5.74, 6) is -1.84. The van der Waals surface area contributed by atoms with Crippen molar-refractivity contribution in [2.24, 2.45) is 5.14 Å². The van der Waals surface area contributed by atoms with Crippen molar-refractivity contribution in [3.8, 4) is 0 Å². The lowest BCUT2D eigenvalue weighted by Crippen LogP contribution is -2.23. The van der Waals surface area contributed by atoms with Crippen LogP contribution in [0.4, 0.5) is 4.39 Å². The Bertz CT molecular complexity index is 603. The first-order chi connectivity index (χ1) is 9.16. The summed E-state index contributed by atoms with van der Waals surface area (Å²) in [6.07, 6.45) is -3.82. The van der Waals surface area contributed by atoms with Crippen LogP contribution >= 0.6 is 0 Å². The first kappa shape index (κ1) is 16.5. The fraction of sp³-hybridized carbons (Fsp3) is 0.364. The monoisotopic (exact) mass is 307 g/mol. The summed E-state index contributed by atoms with van der Waals surface area (Å²) in [5, 5.41) is 24.1. The second kappa shape index (κ2) is 6.27. The minimum absolute atomic E-state index is 0.353. The molecule has 1 aromatic rings. The largest absolute Gasteiger partial charge is 0.469 e. The number of hydrogen-bond acceptors (Lipinski definition) is 6. The van der Waals surface area contributed by atoms with Gasteiger partial charge in [0, 0.05) is 5.56 Å². The summed E-state index contributed by atoms with van der Waals surface area (Å²) in [6.45, 7) is 0. The normalized spacial score (nSPS) is 14.7. The number of ether oxygens (including phenoxy) is 1. The Morgan fingerprint density at radius 1 is 1.45 bits per heavy atom. The van der Waals surface area contributed by atoms with Crippen molar-refractivity contribution < 1.29 is 32.6 Å². The molecule has 0 aliphatic carbocycles. The van der Waals surface area contributed by atoms with Crippen molar-refractivity contribution in [3.63, 3.8) is 0 Å². The number of carbonyl (C=O) groups excluding carboxylic acids is 1. The Labute approximate surface area is 114 Å². The van der Waals surface area contributed by atoms with Crippen LogP contribution in [0.15, 0.2) is 23.1 Å². The quantitative estimate of drug-likeness (QED) is 0.625. The van der Waals surface area contributed by atoms with Crippen LogP contribution in [0.5, 0.6) is 0 Å². The van der Waals surface area contributed by atoms with Crippen LogP contribution in [0.25, 0.3) is 0 Å². The zero-order chi connectivity index (χ0) is 15.5. The molecule has 0 spiro atoms. The molecular weight excluding hydrogens is 293 g/mol. The Morgan fingerprint density at radius 3 is 2.50 bits per heavy atom. The van der Waals surface area contributed by atoms with Crippen molar-refractivity contribution in [1.82, 2.24) is 0 Å². The molecular formula is C11H14FNO6S. The number of aliphatic hydroxyl groups excluding tert-OH is 2. The molecule has 0 fully saturated rings. The smallest absolute Gasteiger partial charge is 0.308 e. The maximum atomic E-state index is 13.7. The number of methoxy groups -OCH3 is 1. The van der Waals surface area contributed by atoms with Gasteiger partial charge in [-0.1, -0.05) is 6.07 Å². The van der Waals surface area contributed by atoms with Gasteiger partial charge in [-0.3, -0.25) is 4.79 Å². The van der Waals surface area contributed by atoms with Crippen LogP contribution in [0.3, 0.4) is 0 Å². The average molecular weight is 307 g/mol. The molecule has 0 aliphatic heterocycles. The summed E-state index contributed by atoms with van der Waals surface area (Å²) in [4.78, 5) is 10.5. The minimum Gasteiger partial charge on any atom is -0.469 e. The molecule has 0 aromatic heterocycles. The van der Waals surface area contributed by atoms with Crippen LogP contribution in [-0.2, 0) is 19.6 Å². The van der Waals surface area contributed by atoms with Gasteiger partial charge < -0.3 is 14.9 Å². The topological polar surface area (TPSA) is 127 Å². The second-order valence-corrected chi connectivity index (χ2v) is 5.58. The third-order valence-corrected chi connectivity index (χ3v) is 3.50. The van der Waals surface area contributed by atoms with Crippen molar-refractivity contribution in [3.05, 3.63) is 29.6 Å². The number of carbonyl (C=O) groups is 1. The van der Waals surface area contributed by atoms with Crippen LogP contribution in [0.2, 0.25) is 0 Å². The molecule has 0 saturated heterocycles. The van der Waals surface area contributed by atoms with Crippen LogP contribution < -0.4 is 5.14 Å². The Kier molecular flexibility index (Phi) is 5.17. The molecule has 1 aromatic carbocycles. The van der Waals surface area contributed by atoms with E-state index >= 15 is 0 Å². The van der Waals surface area contributed by atoms with Crippen molar-refractivity contribution in [2.45, 2.75) is 23.5 Å². The van der Waals surface area contributed by atoms with E-state index in [2.05, 4.69) is 4.74 Å². The van der Waals surface area contributed by atoms with Gasteiger partial charge in [0.05, 0.1) is 24.5 Å². The number of sulfonamides is 1. The zero-order valence-electron chi connectivity index (χ0n) is 10.5. The van der Waals surface area contributed by atoms with Crippen LogP contribution in [0, 0.1) is 5.82 Å². The van der Waals surface area contributed by atoms with Gasteiger partial charge >= 0.3 is 5.97 Å². The Balaban J connectivity index is 3.00. The summed E-state index contributed by atoms with van der Waals surface area (Å²) in [5.41, 5.74) is -0.353. The number of primary sulfonamides is 1. The van der Waals surface area contributed by atoms with E-state index < -0.39 is 45.3 Å². The van der Waals surface area contributed by atoms with Gasteiger partial charge in [0.15, 0.2) is 0 Å². The van der Waals surface area contributed by atoms with Crippen LogP contribution in [0.1, 0.15) is 18.1 Å². The van der Waals surface area contributed by atoms with Gasteiger partial charge in [0.1, 0.15) is 11.9 Å². The lowest BCUT2D eigenvalue weighted by Gasteiger charge is -2.18. The zero-order valence-corrected chi connectivity index (χ0v) is 11.3. The predicted octanol–water partition coefficient (Wildman–Crippen LogP) is -0.569. The summed E-state index contributed by atoms with van der Waals surface area (Å²) >= 11 is 0. The third kappa shape index (κ3) is 3.97.